The fourth-order valence-corrected chi connectivity index (χ4v) is 3.69. The Morgan fingerprint density at radius 1 is 0.920 bits per heavy atom. The second-order valence-electron chi connectivity index (χ2n) is 5.51. The summed E-state index contributed by atoms with van der Waals surface area (Å²) in [5.41, 5.74) is 4.13. The minimum atomic E-state index is 0.716. The number of fused-ring (bicyclic) bond motifs is 1. The Morgan fingerprint density at radius 3 is 2.32 bits per heavy atom. The maximum absolute atomic E-state index is 5.97. The van der Waals surface area contributed by atoms with Gasteiger partial charge in [-0.15, -0.1) is 0 Å². The van der Waals surface area contributed by atoms with Gasteiger partial charge in [0.2, 0.25) is 0 Å². The molecular formula is C19H13Cl2N3S. The van der Waals surface area contributed by atoms with E-state index >= 15 is 0 Å². The Labute approximate surface area is 159 Å². The summed E-state index contributed by atoms with van der Waals surface area (Å²) < 4.78 is 1.86. The lowest BCUT2D eigenvalue weighted by Gasteiger charge is -2.03. The van der Waals surface area contributed by atoms with Crippen LogP contribution in [0.25, 0.3) is 16.8 Å². The molecule has 4 aromatic rings. The van der Waals surface area contributed by atoms with Crippen molar-refractivity contribution < 1.29 is 0 Å². The zero-order valence-corrected chi connectivity index (χ0v) is 15.4. The molecule has 0 radical (unpaired) electrons. The van der Waals surface area contributed by atoms with Crippen LogP contribution in [0.4, 0.5) is 0 Å². The molecule has 0 bridgehead atoms. The summed E-state index contributed by atoms with van der Waals surface area (Å²) in [4.78, 5) is 4.52. The lowest BCUT2D eigenvalue weighted by Crippen LogP contribution is -1.91. The number of thioether (sulfide) groups is 1. The lowest BCUT2D eigenvalue weighted by molar-refractivity contribution is 0.920. The summed E-state index contributed by atoms with van der Waals surface area (Å²) in [6.45, 7) is 0. The minimum absolute atomic E-state index is 0.716. The second kappa shape index (κ2) is 7.08. The van der Waals surface area contributed by atoms with Crippen LogP contribution in [0, 0.1) is 0 Å². The third-order valence-corrected chi connectivity index (χ3v) is 5.35. The van der Waals surface area contributed by atoms with E-state index in [4.69, 9.17) is 23.2 Å². The summed E-state index contributed by atoms with van der Waals surface area (Å²) in [7, 11) is 0. The average molecular weight is 386 g/mol. The molecule has 0 aliphatic carbocycles. The number of aromatic nitrogens is 3. The topological polar surface area (TPSA) is 30.2 Å². The van der Waals surface area contributed by atoms with Crippen molar-refractivity contribution in [3.63, 3.8) is 0 Å². The van der Waals surface area contributed by atoms with Gasteiger partial charge in [-0.1, -0.05) is 59.2 Å². The molecule has 0 saturated heterocycles. The zero-order chi connectivity index (χ0) is 17.2. The van der Waals surface area contributed by atoms with Crippen LogP contribution < -0.4 is 0 Å². The van der Waals surface area contributed by atoms with Crippen molar-refractivity contribution in [2.45, 2.75) is 10.8 Å². The molecule has 0 unspecified atom stereocenters. The fourth-order valence-electron chi connectivity index (χ4n) is 2.50. The molecule has 2 aromatic heterocycles. The summed E-state index contributed by atoms with van der Waals surface area (Å²) in [5, 5.41) is 7.06. The largest absolute Gasteiger partial charge is 0.246 e. The van der Waals surface area contributed by atoms with Crippen LogP contribution in [0.15, 0.2) is 72.0 Å². The molecule has 0 saturated carbocycles. The molecule has 124 valence electrons. The van der Waals surface area contributed by atoms with Crippen molar-refractivity contribution in [3.05, 3.63) is 82.6 Å². The van der Waals surface area contributed by atoms with E-state index in [0.29, 0.717) is 5.02 Å². The maximum atomic E-state index is 5.97. The highest BCUT2D eigenvalue weighted by atomic mass is 35.5. The van der Waals surface area contributed by atoms with Gasteiger partial charge < -0.3 is 0 Å². The van der Waals surface area contributed by atoms with Crippen molar-refractivity contribution >= 4 is 40.5 Å². The van der Waals surface area contributed by atoms with E-state index in [1.165, 1.54) is 5.56 Å². The van der Waals surface area contributed by atoms with Gasteiger partial charge in [0.05, 0.1) is 11.2 Å². The molecule has 2 aromatic carbocycles. The highest BCUT2D eigenvalue weighted by Gasteiger charge is 2.10. The Kier molecular flexibility index (Phi) is 4.66. The Balaban J connectivity index is 1.63. The predicted octanol–water partition coefficient (Wildman–Crippen LogP) is 6.00. The standard InChI is InChI=1S/C19H13Cl2N3S/c20-15-5-1-13(2-6-15)12-25-19-18-11-17(23-24(18)10-9-22-19)14-3-7-16(21)8-4-14/h1-11H,12H2. The van der Waals surface area contributed by atoms with Gasteiger partial charge in [-0.3, -0.25) is 0 Å². The number of hydrogen-bond acceptors (Lipinski definition) is 3. The number of hydrogen-bond donors (Lipinski definition) is 0. The van der Waals surface area contributed by atoms with Crippen molar-refractivity contribution in [1.29, 1.82) is 0 Å². The van der Waals surface area contributed by atoms with E-state index in [-0.39, 0.29) is 0 Å². The van der Waals surface area contributed by atoms with Gasteiger partial charge in [-0.25, -0.2) is 9.50 Å². The van der Waals surface area contributed by atoms with Crippen LogP contribution in [0.3, 0.4) is 0 Å². The molecule has 6 heteroatoms. The van der Waals surface area contributed by atoms with Crippen LogP contribution >= 0.6 is 35.0 Å². The molecule has 4 rings (SSSR count). The van der Waals surface area contributed by atoms with Crippen molar-refractivity contribution in [3.8, 4) is 11.3 Å². The number of nitrogens with zero attached hydrogens (tertiary/aromatic N) is 3. The molecular weight excluding hydrogens is 373 g/mol. The van der Waals surface area contributed by atoms with Crippen LogP contribution in [0.2, 0.25) is 10.0 Å². The highest BCUT2D eigenvalue weighted by molar-refractivity contribution is 7.98. The second-order valence-corrected chi connectivity index (χ2v) is 7.35. The third-order valence-electron chi connectivity index (χ3n) is 3.78. The minimum Gasteiger partial charge on any atom is -0.246 e. The molecule has 25 heavy (non-hydrogen) atoms. The summed E-state index contributed by atoms with van der Waals surface area (Å²) in [5.74, 6) is 0.825. The van der Waals surface area contributed by atoms with Gasteiger partial charge in [-0.05, 0) is 35.9 Å². The molecule has 2 heterocycles. The normalized spacial score (nSPS) is 11.1. The van der Waals surface area contributed by atoms with Crippen molar-refractivity contribution in [1.82, 2.24) is 14.6 Å². The molecule has 0 N–H and O–H groups in total. The van der Waals surface area contributed by atoms with Crippen molar-refractivity contribution in [2.75, 3.05) is 0 Å². The molecule has 3 nitrogen and oxygen atoms in total. The highest BCUT2D eigenvalue weighted by Crippen LogP contribution is 2.28. The smallest absolute Gasteiger partial charge is 0.122 e. The molecule has 0 amide bonds. The molecule has 0 spiro atoms. The molecule has 0 atom stereocenters. The van der Waals surface area contributed by atoms with E-state index in [0.717, 1.165) is 32.6 Å². The summed E-state index contributed by atoms with van der Waals surface area (Å²) >= 11 is 13.6. The van der Waals surface area contributed by atoms with Crippen LogP contribution in [0.1, 0.15) is 5.56 Å². The van der Waals surface area contributed by atoms with E-state index < -0.39 is 0 Å². The summed E-state index contributed by atoms with van der Waals surface area (Å²) in [6.07, 6.45) is 3.64. The van der Waals surface area contributed by atoms with E-state index in [1.54, 1.807) is 18.0 Å². The van der Waals surface area contributed by atoms with E-state index in [2.05, 4.69) is 16.1 Å². The molecule has 0 fully saturated rings. The zero-order valence-electron chi connectivity index (χ0n) is 13.1. The van der Waals surface area contributed by atoms with Gasteiger partial charge in [0.1, 0.15) is 5.03 Å². The van der Waals surface area contributed by atoms with Crippen LogP contribution in [-0.4, -0.2) is 14.6 Å². The van der Waals surface area contributed by atoms with Gasteiger partial charge in [0.25, 0.3) is 0 Å². The number of benzene rings is 2. The average Bonchev–Trinajstić information content (AvgIpc) is 3.06. The van der Waals surface area contributed by atoms with Gasteiger partial charge in [0, 0.05) is 33.8 Å². The SMILES string of the molecule is Clc1ccc(CSc2nccn3nc(-c4ccc(Cl)cc4)cc23)cc1. The van der Waals surface area contributed by atoms with Crippen molar-refractivity contribution in [2.24, 2.45) is 0 Å². The number of halogens is 2. The first-order chi connectivity index (χ1) is 12.2. The lowest BCUT2D eigenvalue weighted by atomic mass is 10.1. The Hall–Kier alpha value is -2.01. The van der Waals surface area contributed by atoms with Gasteiger partial charge in [-0.2, -0.15) is 5.10 Å². The van der Waals surface area contributed by atoms with Crippen LogP contribution in [0.5, 0.6) is 0 Å². The summed E-state index contributed by atoms with van der Waals surface area (Å²) in [6, 6.07) is 17.6. The first kappa shape index (κ1) is 16.5. The van der Waals surface area contributed by atoms with E-state index in [1.807, 2.05) is 59.2 Å². The molecule has 0 aliphatic heterocycles. The maximum Gasteiger partial charge on any atom is 0.122 e. The first-order valence-electron chi connectivity index (χ1n) is 7.66. The fraction of sp³-hybridized carbons (Fsp3) is 0.0526. The molecule has 0 aliphatic rings. The third kappa shape index (κ3) is 3.66. The monoisotopic (exact) mass is 385 g/mol. The van der Waals surface area contributed by atoms with Gasteiger partial charge in [0.15, 0.2) is 0 Å². The first-order valence-corrected chi connectivity index (χ1v) is 9.41. The quantitative estimate of drug-likeness (QED) is 0.403. The Bertz CT molecular complexity index is 1010. The van der Waals surface area contributed by atoms with Gasteiger partial charge >= 0.3 is 0 Å². The predicted molar refractivity (Wildman–Crippen MR) is 104 cm³/mol. The van der Waals surface area contributed by atoms with Crippen LogP contribution in [-0.2, 0) is 5.75 Å². The van der Waals surface area contributed by atoms with E-state index in [9.17, 15) is 0 Å². The number of rotatable bonds is 4. The Morgan fingerprint density at radius 2 is 1.60 bits per heavy atom.